The van der Waals surface area contributed by atoms with E-state index in [-0.39, 0.29) is 0 Å². The molecule has 76 valence electrons. The van der Waals surface area contributed by atoms with Crippen molar-refractivity contribution < 1.29 is 0 Å². The summed E-state index contributed by atoms with van der Waals surface area (Å²) in [5, 5.41) is 0. The Morgan fingerprint density at radius 2 is 1.85 bits per heavy atom. The SMILES string of the molecule is C=C(C)CCN1CC(C)(C)C1(C)C. The summed E-state index contributed by atoms with van der Waals surface area (Å²) in [6, 6.07) is 0. The minimum absolute atomic E-state index is 0.364. The summed E-state index contributed by atoms with van der Waals surface area (Å²) in [6.07, 6.45) is 1.14. The zero-order valence-electron chi connectivity index (χ0n) is 9.78. The summed E-state index contributed by atoms with van der Waals surface area (Å²) in [6.45, 7) is 17.8. The molecule has 1 saturated heterocycles. The maximum absolute atomic E-state index is 3.94. The fraction of sp³-hybridized carbons (Fsp3) is 0.833. The molecule has 1 aliphatic heterocycles. The number of hydrogen-bond acceptors (Lipinski definition) is 1. The van der Waals surface area contributed by atoms with Crippen LogP contribution in [0.15, 0.2) is 12.2 Å². The lowest BCUT2D eigenvalue weighted by molar-refractivity contribution is -0.115. The summed E-state index contributed by atoms with van der Waals surface area (Å²) < 4.78 is 0. The van der Waals surface area contributed by atoms with Crippen molar-refractivity contribution in [3.05, 3.63) is 12.2 Å². The van der Waals surface area contributed by atoms with E-state index in [0.717, 1.165) is 6.42 Å². The molecular weight excluding hydrogens is 158 g/mol. The van der Waals surface area contributed by atoms with Crippen molar-refractivity contribution in [2.24, 2.45) is 5.41 Å². The summed E-state index contributed by atoms with van der Waals surface area (Å²) >= 11 is 0. The summed E-state index contributed by atoms with van der Waals surface area (Å²) in [4.78, 5) is 2.56. The van der Waals surface area contributed by atoms with Gasteiger partial charge in [-0.25, -0.2) is 0 Å². The molecule has 1 heterocycles. The van der Waals surface area contributed by atoms with Gasteiger partial charge < -0.3 is 0 Å². The Balaban J connectivity index is 2.45. The highest BCUT2D eigenvalue weighted by Gasteiger charge is 2.51. The van der Waals surface area contributed by atoms with Crippen molar-refractivity contribution in [1.29, 1.82) is 0 Å². The average Bonchev–Trinajstić information content (AvgIpc) is 1.97. The largest absolute Gasteiger partial charge is 0.297 e. The normalized spacial score (nSPS) is 25.3. The highest BCUT2D eigenvalue weighted by Crippen LogP contribution is 2.46. The molecule has 0 saturated carbocycles. The van der Waals surface area contributed by atoms with E-state index in [4.69, 9.17) is 0 Å². The Kier molecular flexibility index (Phi) is 2.59. The van der Waals surface area contributed by atoms with Gasteiger partial charge in [-0.1, -0.05) is 19.4 Å². The second-order valence-corrected chi connectivity index (χ2v) is 5.57. The first-order valence-corrected chi connectivity index (χ1v) is 5.17. The van der Waals surface area contributed by atoms with Gasteiger partial charge in [0.15, 0.2) is 0 Å². The Bertz CT molecular complexity index is 213. The number of rotatable bonds is 3. The van der Waals surface area contributed by atoms with Gasteiger partial charge in [0.1, 0.15) is 0 Å². The van der Waals surface area contributed by atoms with E-state index in [9.17, 15) is 0 Å². The minimum atomic E-state index is 0.364. The van der Waals surface area contributed by atoms with Crippen molar-refractivity contribution in [3.63, 3.8) is 0 Å². The lowest BCUT2D eigenvalue weighted by Gasteiger charge is -2.61. The van der Waals surface area contributed by atoms with Crippen molar-refractivity contribution >= 4 is 0 Å². The average molecular weight is 181 g/mol. The van der Waals surface area contributed by atoms with Crippen LogP contribution in [0.1, 0.15) is 41.0 Å². The van der Waals surface area contributed by atoms with Gasteiger partial charge in [-0.2, -0.15) is 0 Å². The van der Waals surface area contributed by atoms with Crippen LogP contribution in [0.3, 0.4) is 0 Å². The van der Waals surface area contributed by atoms with Gasteiger partial charge in [0.25, 0.3) is 0 Å². The first-order valence-electron chi connectivity index (χ1n) is 5.17. The van der Waals surface area contributed by atoms with Gasteiger partial charge in [0.2, 0.25) is 0 Å². The quantitative estimate of drug-likeness (QED) is 0.605. The molecule has 1 aliphatic rings. The molecule has 0 N–H and O–H groups in total. The van der Waals surface area contributed by atoms with E-state index in [1.807, 2.05) is 0 Å². The standard InChI is InChI=1S/C12H23N/c1-10(2)7-8-13-9-11(3,4)12(13,5)6/h1,7-9H2,2-6H3. The van der Waals surface area contributed by atoms with E-state index < -0.39 is 0 Å². The van der Waals surface area contributed by atoms with Crippen LogP contribution in [0, 0.1) is 5.41 Å². The van der Waals surface area contributed by atoms with Crippen LogP contribution in [0.5, 0.6) is 0 Å². The fourth-order valence-electron chi connectivity index (χ4n) is 1.89. The summed E-state index contributed by atoms with van der Waals surface area (Å²) in [5.41, 5.74) is 2.13. The third kappa shape index (κ3) is 1.80. The second kappa shape index (κ2) is 3.13. The third-order valence-corrected chi connectivity index (χ3v) is 3.84. The predicted octanol–water partition coefficient (Wildman–Crippen LogP) is 3.07. The molecule has 1 nitrogen and oxygen atoms in total. The van der Waals surface area contributed by atoms with Crippen LogP contribution in [0.4, 0.5) is 0 Å². The van der Waals surface area contributed by atoms with Gasteiger partial charge in [-0.05, 0) is 32.6 Å². The van der Waals surface area contributed by atoms with Crippen LogP contribution in [-0.2, 0) is 0 Å². The molecule has 0 spiro atoms. The lowest BCUT2D eigenvalue weighted by Crippen LogP contribution is -2.69. The minimum Gasteiger partial charge on any atom is -0.297 e. The van der Waals surface area contributed by atoms with Gasteiger partial charge in [-0.3, -0.25) is 4.90 Å². The highest BCUT2D eigenvalue weighted by atomic mass is 15.3. The molecule has 0 aromatic rings. The number of likely N-dealkylation sites (tertiary alicyclic amines) is 1. The monoisotopic (exact) mass is 181 g/mol. The van der Waals surface area contributed by atoms with Gasteiger partial charge >= 0.3 is 0 Å². The molecule has 1 rings (SSSR count). The van der Waals surface area contributed by atoms with Gasteiger partial charge in [0.05, 0.1) is 0 Å². The molecule has 0 aliphatic carbocycles. The Morgan fingerprint density at radius 1 is 1.31 bits per heavy atom. The van der Waals surface area contributed by atoms with E-state index >= 15 is 0 Å². The van der Waals surface area contributed by atoms with Crippen LogP contribution in [0.2, 0.25) is 0 Å². The Morgan fingerprint density at radius 3 is 2.15 bits per heavy atom. The van der Waals surface area contributed by atoms with Crippen molar-refractivity contribution in [3.8, 4) is 0 Å². The highest BCUT2D eigenvalue weighted by molar-refractivity contribution is 5.07. The van der Waals surface area contributed by atoms with E-state index in [2.05, 4.69) is 46.1 Å². The molecule has 0 aromatic carbocycles. The first-order chi connectivity index (χ1) is 5.77. The number of hydrogen-bond donors (Lipinski definition) is 0. The molecule has 0 amide bonds. The van der Waals surface area contributed by atoms with Gasteiger partial charge in [-0.15, -0.1) is 6.58 Å². The predicted molar refractivity (Wildman–Crippen MR) is 58.9 cm³/mol. The molecule has 1 fully saturated rings. The summed E-state index contributed by atoms with van der Waals surface area (Å²) in [7, 11) is 0. The van der Waals surface area contributed by atoms with E-state index in [1.165, 1.54) is 18.7 Å². The van der Waals surface area contributed by atoms with Crippen LogP contribution in [-0.4, -0.2) is 23.5 Å². The lowest BCUT2D eigenvalue weighted by atomic mass is 9.65. The second-order valence-electron chi connectivity index (χ2n) is 5.57. The van der Waals surface area contributed by atoms with E-state index in [1.54, 1.807) is 0 Å². The summed E-state index contributed by atoms with van der Waals surface area (Å²) in [5.74, 6) is 0. The molecule has 13 heavy (non-hydrogen) atoms. The van der Waals surface area contributed by atoms with Crippen LogP contribution >= 0.6 is 0 Å². The molecular formula is C12H23N. The van der Waals surface area contributed by atoms with Crippen LogP contribution in [0.25, 0.3) is 0 Å². The van der Waals surface area contributed by atoms with Crippen molar-refractivity contribution in [2.75, 3.05) is 13.1 Å². The third-order valence-electron chi connectivity index (χ3n) is 3.84. The molecule has 0 atom stereocenters. The maximum atomic E-state index is 3.94. The fourth-order valence-corrected chi connectivity index (χ4v) is 1.89. The molecule has 0 bridgehead atoms. The number of nitrogens with zero attached hydrogens (tertiary/aromatic N) is 1. The zero-order chi connectivity index (χ0) is 10.3. The van der Waals surface area contributed by atoms with Gasteiger partial charge in [0, 0.05) is 18.6 Å². The molecule has 0 unspecified atom stereocenters. The smallest absolute Gasteiger partial charge is 0.0216 e. The Labute approximate surface area is 82.8 Å². The van der Waals surface area contributed by atoms with Crippen LogP contribution < -0.4 is 0 Å². The first kappa shape index (κ1) is 10.8. The van der Waals surface area contributed by atoms with Crippen molar-refractivity contribution in [2.45, 2.75) is 46.6 Å². The van der Waals surface area contributed by atoms with E-state index in [0.29, 0.717) is 11.0 Å². The Hall–Kier alpha value is -0.300. The molecule has 1 heteroatoms. The maximum Gasteiger partial charge on any atom is 0.0216 e. The van der Waals surface area contributed by atoms with Crippen molar-refractivity contribution in [1.82, 2.24) is 4.90 Å². The molecule has 0 radical (unpaired) electrons. The topological polar surface area (TPSA) is 3.24 Å². The zero-order valence-corrected chi connectivity index (χ0v) is 9.78. The molecule has 0 aromatic heterocycles.